The quantitative estimate of drug-likeness (QED) is 0.195. The summed E-state index contributed by atoms with van der Waals surface area (Å²) in [7, 11) is 0. The smallest absolute Gasteiger partial charge is 0.160 e. The Hall–Kier alpha value is -6.38. The molecule has 0 aliphatic heterocycles. The predicted octanol–water partition coefficient (Wildman–Crippen LogP) is 11.5. The summed E-state index contributed by atoms with van der Waals surface area (Å²) in [6.45, 7) is 0. The van der Waals surface area contributed by atoms with Gasteiger partial charge in [0.15, 0.2) is 5.82 Å². The van der Waals surface area contributed by atoms with Gasteiger partial charge >= 0.3 is 0 Å². The van der Waals surface area contributed by atoms with Crippen LogP contribution in [0.1, 0.15) is 22.3 Å². The first kappa shape index (κ1) is 27.7. The van der Waals surface area contributed by atoms with Crippen LogP contribution in [0.15, 0.2) is 182 Å². The summed E-state index contributed by atoms with van der Waals surface area (Å²) in [5.74, 6) is 0.713. The Kier molecular flexibility index (Phi) is 6.13. The number of rotatable bonds is 4. The van der Waals surface area contributed by atoms with Gasteiger partial charge in [-0.15, -0.1) is 0 Å². The molecule has 228 valence electrons. The number of benzene rings is 7. The molecule has 7 aromatic carbocycles. The van der Waals surface area contributed by atoms with Gasteiger partial charge in [0.05, 0.1) is 16.8 Å². The van der Waals surface area contributed by atoms with Crippen LogP contribution in [-0.4, -0.2) is 9.97 Å². The average molecular weight is 623 g/mol. The second-order valence-corrected chi connectivity index (χ2v) is 12.9. The molecule has 0 atom stereocenters. The van der Waals surface area contributed by atoms with Crippen LogP contribution in [0.3, 0.4) is 0 Å². The van der Waals surface area contributed by atoms with E-state index in [1.54, 1.807) is 0 Å². The summed E-state index contributed by atoms with van der Waals surface area (Å²) in [5.41, 5.74) is 17.5. The number of fused-ring (bicyclic) bond motifs is 10. The van der Waals surface area contributed by atoms with Crippen molar-refractivity contribution < 1.29 is 0 Å². The topological polar surface area (TPSA) is 25.8 Å². The fourth-order valence-corrected chi connectivity index (χ4v) is 8.30. The molecule has 2 aliphatic rings. The van der Waals surface area contributed by atoms with Crippen molar-refractivity contribution in [3.8, 4) is 67.3 Å². The summed E-state index contributed by atoms with van der Waals surface area (Å²) >= 11 is 0. The Morgan fingerprint density at radius 3 is 1.35 bits per heavy atom. The fourth-order valence-electron chi connectivity index (χ4n) is 8.30. The van der Waals surface area contributed by atoms with Gasteiger partial charge in [0.2, 0.25) is 0 Å². The van der Waals surface area contributed by atoms with E-state index in [1.807, 2.05) is 12.1 Å². The minimum atomic E-state index is -0.371. The molecule has 2 aliphatic carbocycles. The maximum Gasteiger partial charge on any atom is 0.160 e. The van der Waals surface area contributed by atoms with Gasteiger partial charge in [0.25, 0.3) is 0 Å². The van der Waals surface area contributed by atoms with Crippen molar-refractivity contribution in [1.82, 2.24) is 9.97 Å². The van der Waals surface area contributed by atoms with Gasteiger partial charge in [-0.05, 0) is 67.8 Å². The van der Waals surface area contributed by atoms with E-state index in [0.717, 1.165) is 33.6 Å². The third-order valence-electron chi connectivity index (χ3n) is 10.3. The molecule has 1 aromatic heterocycles. The Morgan fingerprint density at radius 2 is 0.735 bits per heavy atom. The van der Waals surface area contributed by atoms with Gasteiger partial charge in [0.1, 0.15) is 0 Å². The van der Waals surface area contributed by atoms with E-state index >= 15 is 0 Å². The maximum atomic E-state index is 5.14. The van der Waals surface area contributed by atoms with Crippen molar-refractivity contribution in [3.63, 3.8) is 0 Å². The highest BCUT2D eigenvalue weighted by Gasteiger charge is 2.51. The molecule has 0 fully saturated rings. The normalized spacial score (nSPS) is 13.1. The monoisotopic (exact) mass is 622 g/mol. The first-order valence-electron chi connectivity index (χ1n) is 16.8. The highest BCUT2D eigenvalue weighted by Crippen LogP contribution is 2.63. The zero-order valence-corrected chi connectivity index (χ0v) is 26.7. The number of aromatic nitrogens is 2. The van der Waals surface area contributed by atoms with Crippen molar-refractivity contribution in [1.29, 1.82) is 0 Å². The highest BCUT2D eigenvalue weighted by atomic mass is 14.9. The van der Waals surface area contributed by atoms with E-state index in [0.29, 0.717) is 5.82 Å². The molecule has 2 nitrogen and oxygen atoms in total. The molecule has 10 rings (SSSR count). The average Bonchev–Trinajstić information content (AvgIpc) is 3.66. The standard InChI is InChI=1S/C47H30N2/c1-3-15-31(16-4-1)43-30-44(32-17-5-2-6-18-32)49-46(48-43)34-20-13-19-33(29-34)35-24-14-28-42-45(35)38-23-9-12-27-41(38)47(42)39-25-10-7-21-36(39)37-22-8-11-26-40(37)47/h1-30H. The van der Waals surface area contributed by atoms with E-state index in [-0.39, 0.29) is 5.41 Å². The fraction of sp³-hybridized carbons (Fsp3) is 0.0213. The summed E-state index contributed by atoms with van der Waals surface area (Å²) in [4.78, 5) is 10.3. The minimum absolute atomic E-state index is 0.371. The Bertz CT molecular complexity index is 2450. The first-order valence-corrected chi connectivity index (χ1v) is 16.8. The van der Waals surface area contributed by atoms with Crippen molar-refractivity contribution >= 4 is 0 Å². The zero-order chi connectivity index (χ0) is 32.4. The third kappa shape index (κ3) is 4.07. The highest BCUT2D eigenvalue weighted by molar-refractivity contribution is 6.00. The van der Waals surface area contributed by atoms with Crippen molar-refractivity contribution in [2.75, 3.05) is 0 Å². The van der Waals surface area contributed by atoms with Crippen LogP contribution in [0.4, 0.5) is 0 Å². The molecule has 2 heteroatoms. The van der Waals surface area contributed by atoms with Crippen molar-refractivity contribution in [2.24, 2.45) is 0 Å². The maximum absolute atomic E-state index is 5.14. The predicted molar refractivity (Wildman–Crippen MR) is 200 cm³/mol. The summed E-state index contributed by atoms with van der Waals surface area (Å²) in [5, 5.41) is 0. The molecule has 0 radical (unpaired) electrons. The second-order valence-electron chi connectivity index (χ2n) is 12.9. The lowest BCUT2D eigenvalue weighted by Crippen LogP contribution is -2.25. The summed E-state index contributed by atoms with van der Waals surface area (Å²) < 4.78 is 0. The van der Waals surface area contributed by atoms with E-state index in [4.69, 9.17) is 9.97 Å². The molecule has 1 heterocycles. The molecule has 0 N–H and O–H groups in total. The van der Waals surface area contributed by atoms with Crippen molar-refractivity contribution in [2.45, 2.75) is 5.41 Å². The first-order chi connectivity index (χ1) is 24.3. The lowest BCUT2D eigenvalue weighted by Gasteiger charge is -2.30. The number of nitrogens with zero attached hydrogens (tertiary/aromatic N) is 2. The summed E-state index contributed by atoms with van der Waals surface area (Å²) in [6, 6.07) is 65.4. The van der Waals surface area contributed by atoms with Crippen LogP contribution in [0.5, 0.6) is 0 Å². The lowest BCUT2D eigenvalue weighted by molar-refractivity contribution is 0.794. The molecule has 1 spiro atoms. The van der Waals surface area contributed by atoms with E-state index in [9.17, 15) is 0 Å². The number of hydrogen-bond donors (Lipinski definition) is 0. The van der Waals surface area contributed by atoms with Gasteiger partial charge in [-0.1, -0.05) is 170 Å². The number of hydrogen-bond acceptors (Lipinski definition) is 2. The van der Waals surface area contributed by atoms with Gasteiger partial charge in [-0.3, -0.25) is 0 Å². The minimum Gasteiger partial charge on any atom is -0.228 e. The van der Waals surface area contributed by atoms with Crippen LogP contribution in [0.2, 0.25) is 0 Å². The van der Waals surface area contributed by atoms with Gasteiger partial charge in [-0.25, -0.2) is 9.97 Å². The van der Waals surface area contributed by atoms with Gasteiger partial charge < -0.3 is 0 Å². The van der Waals surface area contributed by atoms with Crippen LogP contribution in [-0.2, 0) is 5.41 Å². The molecule has 49 heavy (non-hydrogen) atoms. The Balaban J connectivity index is 1.19. The second kappa shape index (κ2) is 10.8. The zero-order valence-electron chi connectivity index (χ0n) is 26.7. The van der Waals surface area contributed by atoms with E-state index in [2.05, 4.69) is 170 Å². The van der Waals surface area contributed by atoms with Crippen LogP contribution in [0, 0.1) is 0 Å². The van der Waals surface area contributed by atoms with E-state index < -0.39 is 0 Å². The Morgan fingerprint density at radius 1 is 0.306 bits per heavy atom. The SMILES string of the molecule is c1ccc(-c2cc(-c3ccccc3)nc(-c3cccc(-c4cccc5c4-c4ccccc4C54c5ccccc5-c5ccccc54)c3)n2)cc1. The van der Waals surface area contributed by atoms with Crippen LogP contribution >= 0.6 is 0 Å². The van der Waals surface area contributed by atoms with E-state index in [1.165, 1.54) is 50.1 Å². The van der Waals surface area contributed by atoms with Gasteiger partial charge in [0, 0.05) is 16.7 Å². The molecule has 0 saturated carbocycles. The molecule has 0 amide bonds. The largest absolute Gasteiger partial charge is 0.228 e. The lowest BCUT2D eigenvalue weighted by atomic mass is 9.70. The molecule has 0 saturated heterocycles. The van der Waals surface area contributed by atoms with Crippen molar-refractivity contribution in [3.05, 3.63) is 204 Å². The van der Waals surface area contributed by atoms with Crippen LogP contribution < -0.4 is 0 Å². The molecule has 0 bridgehead atoms. The van der Waals surface area contributed by atoms with Crippen LogP contribution in [0.25, 0.3) is 67.3 Å². The summed E-state index contributed by atoms with van der Waals surface area (Å²) in [6.07, 6.45) is 0. The molecule has 0 unspecified atom stereocenters. The molecular weight excluding hydrogens is 593 g/mol. The van der Waals surface area contributed by atoms with Gasteiger partial charge in [-0.2, -0.15) is 0 Å². The molecular formula is C47H30N2. The third-order valence-corrected chi connectivity index (χ3v) is 10.3. The molecule has 8 aromatic rings. The Labute approximate surface area is 286 Å².